The zero-order valence-corrected chi connectivity index (χ0v) is 11.5. The molecule has 7 heteroatoms. The number of nitrogens with zero attached hydrogens (tertiary/aromatic N) is 3. The smallest absolute Gasteiger partial charge is 0.245 e. The van der Waals surface area contributed by atoms with E-state index >= 15 is 0 Å². The van der Waals surface area contributed by atoms with E-state index in [4.69, 9.17) is 4.52 Å². The molecule has 0 aromatic carbocycles. The molecule has 16 heavy (non-hydrogen) atoms. The average molecular weight is 348 g/mol. The van der Waals surface area contributed by atoms with Gasteiger partial charge in [0, 0.05) is 10.7 Å². The lowest BCUT2D eigenvalue weighted by molar-refractivity contribution is 0.379. The summed E-state index contributed by atoms with van der Waals surface area (Å²) in [5, 5.41) is 6.79. The van der Waals surface area contributed by atoms with Crippen LogP contribution in [0.15, 0.2) is 25.7 Å². The maximum Gasteiger partial charge on any atom is 0.245 e. The second kappa shape index (κ2) is 4.92. The summed E-state index contributed by atoms with van der Waals surface area (Å²) in [4.78, 5) is 8.29. The number of aromatic nitrogens is 3. The molecule has 2 aromatic heterocycles. The van der Waals surface area contributed by atoms with Gasteiger partial charge < -0.3 is 9.84 Å². The lowest BCUT2D eigenvalue weighted by Crippen LogP contribution is -2.02. The van der Waals surface area contributed by atoms with Crippen LogP contribution in [0.2, 0.25) is 0 Å². The second-order valence-corrected chi connectivity index (χ2v) is 4.84. The van der Waals surface area contributed by atoms with Crippen LogP contribution >= 0.6 is 31.9 Å². The first-order valence-corrected chi connectivity index (χ1v) is 6.08. The highest BCUT2D eigenvalue weighted by molar-refractivity contribution is 9.11. The van der Waals surface area contributed by atoms with E-state index in [-0.39, 0.29) is 0 Å². The largest absolute Gasteiger partial charge is 0.360 e. The van der Waals surface area contributed by atoms with Crippen LogP contribution in [0.5, 0.6) is 0 Å². The first-order valence-electron chi connectivity index (χ1n) is 4.49. The number of hydrogen-bond donors (Lipinski definition) is 1. The number of aryl methyl sites for hydroxylation is 1. The zero-order chi connectivity index (χ0) is 11.5. The number of halogens is 2. The first kappa shape index (κ1) is 11.5. The summed E-state index contributed by atoms with van der Waals surface area (Å²) in [6.45, 7) is 2.23. The highest BCUT2D eigenvalue weighted by Crippen LogP contribution is 2.23. The van der Waals surface area contributed by atoms with Crippen LogP contribution in [0.4, 0.5) is 5.82 Å². The minimum absolute atomic E-state index is 0.452. The number of rotatable bonds is 3. The molecular formula is C9H8Br2N4O. The molecule has 0 unspecified atom stereocenters. The van der Waals surface area contributed by atoms with E-state index < -0.39 is 0 Å². The zero-order valence-electron chi connectivity index (χ0n) is 8.37. The summed E-state index contributed by atoms with van der Waals surface area (Å²) < 4.78 is 6.76. The fraction of sp³-hybridized carbons (Fsp3) is 0.222. The van der Waals surface area contributed by atoms with Gasteiger partial charge in [-0.25, -0.2) is 4.98 Å². The molecule has 1 N–H and O–H groups in total. The fourth-order valence-corrected chi connectivity index (χ4v) is 2.24. The predicted octanol–water partition coefficient (Wildman–Crippen LogP) is 2.91. The number of hydrogen-bond acceptors (Lipinski definition) is 5. The Balaban J connectivity index is 2.04. The van der Waals surface area contributed by atoms with E-state index in [9.17, 15) is 0 Å². The Morgan fingerprint density at radius 1 is 1.44 bits per heavy atom. The van der Waals surface area contributed by atoms with Gasteiger partial charge in [0.25, 0.3) is 0 Å². The van der Waals surface area contributed by atoms with Crippen LogP contribution in [-0.2, 0) is 6.54 Å². The number of anilines is 1. The van der Waals surface area contributed by atoms with Gasteiger partial charge in [-0.1, -0.05) is 5.16 Å². The molecule has 0 spiro atoms. The van der Waals surface area contributed by atoms with Gasteiger partial charge in [-0.15, -0.1) is 0 Å². The molecule has 0 bridgehead atoms. The van der Waals surface area contributed by atoms with Gasteiger partial charge in [-0.05, 0) is 44.8 Å². The molecule has 0 atom stereocenters. The standard InChI is InChI=1S/C9H8Br2N4O/c1-5-14-8(16-15-5)4-13-9-7(11)2-6(10)3-12-9/h2-3H,4H2,1H3,(H,12,13). The molecule has 0 fully saturated rings. The molecule has 0 saturated carbocycles. The van der Waals surface area contributed by atoms with Gasteiger partial charge >= 0.3 is 0 Å². The van der Waals surface area contributed by atoms with Gasteiger partial charge in [0.1, 0.15) is 5.82 Å². The van der Waals surface area contributed by atoms with Crippen LogP contribution in [0.1, 0.15) is 11.7 Å². The molecule has 2 heterocycles. The van der Waals surface area contributed by atoms with E-state index in [1.54, 1.807) is 13.1 Å². The van der Waals surface area contributed by atoms with Crippen molar-refractivity contribution >= 4 is 37.7 Å². The summed E-state index contributed by atoms with van der Waals surface area (Å²) >= 11 is 6.74. The monoisotopic (exact) mass is 346 g/mol. The van der Waals surface area contributed by atoms with Crippen molar-refractivity contribution in [1.82, 2.24) is 15.1 Å². The lowest BCUT2D eigenvalue weighted by atomic mass is 10.4. The maximum absolute atomic E-state index is 4.97. The summed E-state index contributed by atoms with van der Waals surface area (Å²) in [6, 6.07) is 1.91. The third-order valence-corrected chi connectivity index (χ3v) is 2.82. The van der Waals surface area contributed by atoms with E-state index in [1.165, 1.54) is 0 Å². The van der Waals surface area contributed by atoms with Gasteiger partial charge in [0.15, 0.2) is 5.82 Å². The molecule has 0 saturated heterocycles. The first-order chi connectivity index (χ1) is 7.65. The van der Waals surface area contributed by atoms with Crippen molar-refractivity contribution in [2.45, 2.75) is 13.5 Å². The van der Waals surface area contributed by atoms with Crippen molar-refractivity contribution in [2.24, 2.45) is 0 Å². The second-order valence-electron chi connectivity index (χ2n) is 3.07. The molecular weight excluding hydrogens is 340 g/mol. The van der Waals surface area contributed by atoms with Crippen LogP contribution in [-0.4, -0.2) is 15.1 Å². The summed E-state index contributed by atoms with van der Waals surface area (Å²) in [5.41, 5.74) is 0. The Hall–Kier alpha value is -0.950. The molecule has 0 aliphatic carbocycles. The third-order valence-electron chi connectivity index (χ3n) is 1.78. The molecule has 0 aliphatic heterocycles. The van der Waals surface area contributed by atoms with Crippen molar-refractivity contribution in [3.05, 3.63) is 32.9 Å². The van der Waals surface area contributed by atoms with Crippen molar-refractivity contribution in [3.8, 4) is 0 Å². The molecule has 0 radical (unpaired) electrons. The summed E-state index contributed by atoms with van der Waals surface area (Å²) in [6.07, 6.45) is 1.71. The summed E-state index contributed by atoms with van der Waals surface area (Å²) in [5.74, 6) is 1.90. The van der Waals surface area contributed by atoms with Crippen molar-refractivity contribution in [2.75, 3.05) is 5.32 Å². The number of nitrogens with one attached hydrogen (secondary N) is 1. The Kier molecular flexibility index (Phi) is 3.55. The third kappa shape index (κ3) is 2.79. The Morgan fingerprint density at radius 3 is 2.88 bits per heavy atom. The Bertz CT molecular complexity index is 500. The predicted molar refractivity (Wildman–Crippen MR) is 66.0 cm³/mol. The molecule has 84 valence electrons. The summed E-state index contributed by atoms with van der Waals surface area (Å²) in [7, 11) is 0. The highest BCUT2D eigenvalue weighted by Gasteiger charge is 2.05. The minimum atomic E-state index is 0.452. The highest BCUT2D eigenvalue weighted by atomic mass is 79.9. The van der Waals surface area contributed by atoms with E-state index in [0.717, 1.165) is 14.8 Å². The van der Waals surface area contributed by atoms with E-state index in [1.807, 2.05) is 6.07 Å². The molecule has 0 amide bonds. The topological polar surface area (TPSA) is 63.8 Å². The SMILES string of the molecule is Cc1noc(CNc2ncc(Br)cc2Br)n1. The Morgan fingerprint density at radius 2 is 2.25 bits per heavy atom. The number of pyridine rings is 1. The van der Waals surface area contributed by atoms with Crippen LogP contribution < -0.4 is 5.32 Å². The maximum atomic E-state index is 4.97. The van der Waals surface area contributed by atoms with Gasteiger partial charge in [-0.2, -0.15) is 4.98 Å². The lowest BCUT2D eigenvalue weighted by Gasteiger charge is -2.04. The molecule has 2 rings (SSSR count). The van der Waals surface area contributed by atoms with Crippen LogP contribution in [0, 0.1) is 6.92 Å². The normalized spacial score (nSPS) is 10.4. The molecule has 0 aliphatic rings. The average Bonchev–Trinajstić information content (AvgIpc) is 2.63. The van der Waals surface area contributed by atoms with E-state index in [0.29, 0.717) is 18.3 Å². The molecule has 5 nitrogen and oxygen atoms in total. The quantitative estimate of drug-likeness (QED) is 0.924. The van der Waals surface area contributed by atoms with Gasteiger partial charge in [0.2, 0.25) is 5.89 Å². The van der Waals surface area contributed by atoms with Gasteiger partial charge in [0.05, 0.1) is 11.0 Å². The Labute approximate surface area is 109 Å². The van der Waals surface area contributed by atoms with E-state index in [2.05, 4.69) is 52.3 Å². The minimum Gasteiger partial charge on any atom is -0.360 e. The van der Waals surface area contributed by atoms with Crippen LogP contribution in [0.25, 0.3) is 0 Å². The van der Waals surface area contributed by atoms with Crippen molar-refractivity contribution < 1.29 is 4.52 Å². The van der Waals surface area contributed by atoms with Gasteiger partial charge in [-0.3, -0.25) is 0 Å². The van der Waals surface area contributed by atoms with Crippen LogP contribution in [0.3, 0.4) is 0 Å². The van der Waals surface area contributed by atoms with Crippen molar-refractivity contribution in [3.63, 3.8) is 0 Å². The fourth-order valence-electron chi connectivity index (χ4n) is 1.12. The molecule has 2 aromatic rings. The van der Waals surface area contributed by atoms with Crippen molar-refractivity contribution in [1.29, 1.82) is 0 Å².